The summed E-state index contributed by atoms with van der Waals surface area (Å²) in [6, 6.07) is 22.0. The number of benzene rings is 3. The first-order valence-corrected chi connectivity index (χ1v) is 10.3. The Labute approximate surface area is 167 Å². The number of sulfonamides is 1. The van der Waals surface area contributed by atoms with Gasteiger partial charge in [0.2, 0.25) is 10.0 Å². The highest BCUT2D eigenvalue weighted by molar-refractivity contribution is 7.89. The van der Waals surface area contributed by atoms with Crippen LogP contribution in [0.5, 0.6) is 5.75 Å². The van der Waals surface area contributed by atoms with E-state index in [0.717, 1.165) is 11.1 Å². The number of ether oxygens (including phenoxy) is 1. The van der Waals surface area contributed by atoms with Crippen molar-refractivity contribution in [2.45, 2.75) is 11.5 Å². The molecule has 4 aromatic rings. The van der Waals surface area contributed by atoms with E-state index in [1.54, 1.807) is 30.3 Å². The van der Waals surface area contributed by atoms with Gasteiger partial charge in [0.05, 0.1) is 10.3 Å². The smallest absolute Gasteiger partial charge is 0.238 e. The molecule has 3 aromatic carbocycles. The minimum Gasteiger partial charge on any atom is -0.489 e. The predicted molar refractivity (Wildman–Crippen MR) is 110 cm³/mol. The molecule has 1 heterocycles. The molecule has 1 aromatic heterocycles. The van der Waals surface area contributed by atoms with Gasteiger partial charge >= 0.3 is 0 Å². The highest BCUT2D eigenvalue weighted by Gasteiger charge is 2.09. The van der Waals surface area contributed by atoms with E-state index in [4.69, 9.17) is 14.3 Å². The molecule has 7 heteroatoms. The normalized spacial score (nSPS) is 11.5. The average molecular weight is 407 g/mol. The Morgan fingerprint density at radius 1 is 0.897 bits per heavy atom. The van der Waals surface area contributed by atoms with Gasteiger partial charge in [-0.3, -0.25) is 4.79 Å². The molecule has 4 rings (SSSR count). The molecule has 0 bridgehead atoms. The highest BCUT2D eigenvalue weighted by atomic mass is 32.2. The van der Waals surface area contributed by atoms with E-state index in [-0.39, 0.29) is 16.9 Å². The summed E-state index contributed by atoms with van der Waals surface area (Å²) in [6.45, 7) is 0.221. The third-order valence-corrected chi connectivity index (χ3v) is 5.35. The van der Waals surface area contributed by atoms with E-state index < -0.39 is 10.0 Å². The maximum Gasteiger partial charge on any atom is 0.238 e. The fraction of sp³-hybridized carbons (Fsp3) is 0.0455. The molecule has 146 valence electrons. The lowest BCUT2D eigenvalue weighted by atomic mass is 10.1. The van der Waals surface area contributed by atoms with Crippen LogP contribution >= 0.6 is 0 Å². The fourth-order valence-electron chi connectivity index (χ4n) is 2.91. The molecule has 0 radical (unpaired) electrons. The van der Waals surface area contributed by atoms with Crippen molar-refractivity contribution in [3.05, 3.63) is 94.6 Å². The molecule has 0 amide bonds. The standard InChI is InChI=1S/C22H17NO5S/c23-29(25,26)18-9-6-15(7-10-18)14-27-17-8-11-19-20(24)13-21(28-22(19)12-17)16-4-2-1-3-5-16/h1-13H,14H2,(H2,23,25,26). The van der Waals surface area contributed by atoms with Crippen LogP contribution in [0.3, 0.4) is 0 Å². The molecular formula is C22H17NO5S. The number of fused-ring (bicyclic) bond motifs is 1. The van der Waals surface area contributed by atoms with Gasteiger partial charge < -0.3 is 9.15 Å². The van der Waals surface area contributed by atoms with Gasteiger partial charge in [0.1, 0.15) is 23.7 Å². The van der Waals surface area contributed by atoms with Crippen LogP contribution in [0.15, 0.2) is 93.0 Å². The van der Waals surface area contributed by atoms with Crippen LogP contribution in [0, 0.1) is 0 Å². The van der Waals surface area contributed by atoms with E-state index in [1.807, 2.05) is 30.3 Å². The summed E-state index contributed by atoms with van der Waals surface area (Å²) >= 11 is 0. The average Bonchev–Trinajstić information content (AvgIpc) is 2.72. The summed E-state index contributed by atoms with van der Waals surface area (Å²) < 4.78 is 34.3. The van der Waals surface area contributed by atoms with Crippen molar-refractivity contribution in [3.63, 3.8) is 0 Å². The Kier molecular flexibility index (Phi) is 4.92. The number of hydrogen-bond acceptors (Lipinski definition) is 5. The third-order valence-electron chi connectivity index (χ3n) is 4.42. The Morgan fingerprint density at radius 3 is 2.31 bits per heavy atom. The molecule has 0 spiro atoms. The van der Waals surface area contributed by atoms with Gasteiger partial charge in [-0.1, -0.05) is 42.5 Å². The molecule has 6 nitrogen and oxygen atoms in total. The van der Waals surface area contributed by atoms with E-state index in [0.29, 0.717) is 22.5 Å². The SMILES string of the molecule is NS(=O)(=O)c1ccc(COc2ccc3c(=O)cc(-c4ccccc4)oc3c2)cc1. The van der Waals surface area contributed by atoms with Crippen molar-refractivity contribution in [1.29, 1.82) is 0 Å². The zero-order chi connectivity index (χ0) is 20.4. The van der Waals surface area contributed by atoms with Crippen molar-refractivity contribution >= 4 is 21.0 Å². The van der Waals surface area contributed by atoms with E-state index in [1.165, 1.54) is 18.2 Å². The van der Waals surface area contributed by atoms with Gasteiger partial charge in [0.15, 0.2) is 5.43 Å². The van der Waals surface area contributed by atoms with Gasteiger partial charge in [-0.05, 0) is 29.8 Å². The maximum absolute atomic E-state index is 12.4. The maximum atomic E-state index is 12.4. The van der Waals surface area contributed by atoms with Crippen LogP contribution in [0.25, 0.3) is 22.3 Å². The summed E-state index contributed by atoms with van der Waals surface area (Å²) in [5.41, 5.74) is 1.89. The molecule has 29 heavy (non-hydrogen) atoms. The summed E-state index contributed by atoms with van der Waals surface area (Å²) in [7, 11) is -3.72. The minimum absolute atomic E-state index is 0.0437. The van der Waals surface area contributed by atoms with Crippen LogP contribution in [0.1, 0.15) is 5.56 Å². The molecule has 0 aliphatic carbocycles. The van der Waals surface area contributed by atoms with Gasteiger partial charge in [-0.15, -0.1) is 0 Å². The molecule has 0 aliphatic heterocycles. The van der Waals surface area contributed by atoms with Crippen molar-refractivity contribution in [2.75, 3.05) is 0 Å². The van der Waals surface area contributed by atoms with Gasteiger partial charge in [-0.2, -0.15) is 0 Å². The summed E-state index contributed by atoms with van der Waals surface area (Å²) in [4.78, 5) is 12.5. The Bertz CT molecular complexity index is 1330. The quantitative estimate of drug-likeness (QED) is 0.544. The van der Waals surface area contributed by atoms with Crippen molar-refractivity contribution < 1.29 is 17.6 Å². The molecule has 0 fully saturated rings. The largest absolute Gasteiger partial charge is 0.489 e. The second kappa shape index (κ2) is 7.54. The zero-order valence-corrected chi connectivity index (χ0v) is 16.1. The molecule has 0 saturated heterocycles. The van der Waals surface area contributed by atoms with Gasteiger partial charge in [0, 0.05) is 17.7 Å². The summed E-state index contributed by atoms with van der Waals surface area (Å²) in [5, 5.41) is 5.56. The first-order valence-electron chi connectivity index (χ1n) is 8.78. The van der Waals surface area contributed by atoms with E-state index >= 15 is 0 Å². The molecule has 0 aliphatic rings. The van der Waals surface area contributed by atoms with Crippen LogP contribution in [-0.4, -0.2) is 8.42 Å². The number of rotatable bonds is 5. The fourth-order valence-corrected chi connectivity index (χ4v) is 3.43. The van der Waals surface area contributed by atoms with Crippen molar-refractivity contribution in [2.24, 2.45) is 5.14 Å². The molecule has 0 saturated carbocycles. The second-order valence-electron chi connectivity index (χ2n) is 6.48. The van der Waals surface area contributed by atoms with Crippen LogP contribution in [0.4, 0.5) is 0 Å². The molecule has 0 atom stereocenters. The molecule has 2 N–H and O–H groups in total. The Hall–Kier alpha value is -3.42. The zero-order valence-electron chi connectivity index (χ0n) is 15.2. The third kappa shape index (κ3) is 4.21. The monoisotopic (exact) mass is 407 g/mol. The molecule has 0 unspecified atom stereocenters. The summed E-state index contributed by atoms with van der Waals surface area (Å²) in [6.07, 6.45) is 0. The first kappa shape index (κ1) is 18.9. The van der Waals surface area contributed by atoms with Gasteiger partial charge in [-0.25, -0.2) is 13.6 Å². The summed E-state index contributed by atoms with van der Waals surface area (Å²) in [5.74, 6) is 1.01. The Balaban J connectivity index is 1.59. The second-order valence-corrected chi connectivity index (χ2v) is 8.04. The first-order chi connectivity index (χ1) is 13.9. The number of primary sulfonamides is 1. The Morgan fingerprint density at radius 2 is 1.62 bits per heavy atom. The minimum atomic E-state index is -3.72. The van der Waals surface area contributed by atoms with Crippen LogP contribution in [-0.2, 0) is 16.6 Å². The van der Waals surface area contributed by atoms with Gasteiger partial charge in [0.25, 0.3) is 0 Å². The molecular weight excluding hydrogens is 390 g/mol. The lowest BCUT2D eigenvalue weighted by Gasteiger charge is -2.08. The highest BCUT2D eigenvalue weighted by Crippen LogP contribution is 2.25. The van der Waals surface area contributed by atoms with Crippen molar-refractivity contribution in [3.8, 4) is 17.1 Å². The lowest BCUT2D eigenvalue weighted by Crippen LogP contribution is -2.12. The number of nitrogens with two attached hydrogens (primary N) is 1. The lowest BCUT2D eigenvalue weighted by molar-refractivity contribution is 0.306. The van der Waals surface area contributed by atoms with E-state index in [9.17, 15) is 13.2 Å². The topological polar surface area (TPSA) is 99.6 Å². The van der Waals surface area contributed by atoms with Crippen molar-refractivity contribution in [1.82, 2.24) is 0 Å². The number of hydrogen-bond donors (Lipinski definition) is 1. The predicted octanol–water partition coefficient (Wildman–Crippen LogP) is 3.69. The van der Waals surface area contributed by atoms with Crippen LogP contribution in [0.2, 0.25) is 0 Å². The van der Waals surface area contributed by atoms with Crippen LogP contribution < -0.4 is 15.3 Å². The van der Waals surface area contributed by atoms with E-state index in [2.05, 4.69) is 0 Å².